The van der Waals surface area contributed by atoms with Gasteiger partial charge in [0.15, 0.2) is 0 Å². The molecule has 0 spiro atoms. The maximum atomic E-state index is 12.8. The van der Waals surface area contributed by atoms with Crippen LogP contribution in [0.25, 0.3) is 21.9 Å². The molecule has 21 heavy (non-hydrogen) atoms. The summed E-state index contributed by atoms with van der Waals surface area (Å²) in [6.07, 6.45) is 0. The summed E-state index contributed by atoms with van der Waals surface area (Å²) < 4.78 is 6.05. The molecule has 0 unspecified atom stereocenters. The van der Waals surface area contributed by atoms with Crippen molar-refractivity contribution in [3.05, 3.63) is 57.7 Å². The van der Waals surface area contributed by atoms with E-state index < -0.39 is 0 Å². The fourth-order valence-corrected chi connectivity index (χ4v) is 2.72. The van der Waals surface area contributed by atoms with Crippen LogP contribution in [-0.4, -0.2) is 0 Å². The van der Waals surface area contributed by atoms with Crippen LogP contribution in [0.2, 0.25) is 0 Å². The second kappa shape index (κ2) is 5.03. The second-order valence-corrected chi connectivity index (χ2v) is 6.22. The number of fused-ring (bicyclic) bond motifs is 2. The van der Waals surface area contributed by atoms with E-state index in [-0.39, 0.29) is 5.43 Å². The first-order valence-electron chi connectivity index (χ1n) is 7.48. The average Bonchev–Trinajstić information content (AvgIpc) is 2.46. The zero-order valence-corrected chi connectivity index (χ0v) is 12.9. The topological polar surface area (TPSA) is 30.2 Å². The molecule has 0 fully saturated rings. The van der Waals surface area contributed by atoms with Crippen LogP contribution >= 0.6 is 0 Å². The van der Waals surface area contributed by atoms with Gasteiger partial charge in [0.05, 0.1) is 10.8 Å². The Balaban J connectivity index is 2.52. The lowest BCUT2D eigenvalue weighted by Gasteiger charge is -2.14. The van der Waals surface area contributed by atoms with Gasteiger partial charge in [0, 0.05) is 0 Å². The first kappa shape index (κ1) is 13.9. The van der Waals surface area contributed by atoms with Crippen LogP contribution in [-0.2, 0) is 0 Å². The first-order valence-corrected chi connectivity index (χ1v) is 7.48. The minimum absolute atomic E-state index is 0.0660. The number of hydrogen-bond acceptors (Lipinski definition) is 2. The lowest BCUT2D eigenvalue weighted by atomic mass is 9.93. The molecular formula is C19H20O2. The van der Waals surface area contributed by atoms with Crippen molar-refractivity contribution in [2.24, 2.45) is 0 Å². The number of para-hydroxylation sites is 1. The maximum Gasteiger partial charge on any atom is 0.200 e. The van der Waals surface area contributed by atoms with Crippen LogP contribution in [0.3, 0.4) is 0 Å². The van der Waals surface area contributed by atoms with Crippen molar-refractivity contribution in [1.82, 2.24) is 0 Å². The Bertz CT molecular complexity index is 870. The molecule has 0 atom stereocenters. The van der Waals surface area contributed by atoms with Crippen molar-refractivity contribution in [2.75, 3.05) is 0 Å². The molecule has 1 heterocycles. The highest BCUT2D eigenvalue weighted by molar-refractivity contribution is 5.91. The van der Waals surface area contributed by atoms with Crippen molar-refractivity contribution in [3.63, 3.8) is 0 Å². The van der Waals surface area contributed by atoms with E-state index >= 15 is 0 Å². The number of benzene rings is 2. The molecule has 0 N–H and O–H groups in total. The van der Waals surface area contributed by atoms with Crippen molar-refractivity contribution < 1.29 is 4.42 Å². The van der Waals surface area contributed by atoms with Crippen molar-refractivity contribution in [2.45, 2.75) is 39.5 Å². The van der Waals surface area contributed by atoms with E-state index in [0.717, 1.165) is 11.1 Å². The fourth-order valence-electron chi connectivity index (χ4n) is 2.72. The summed E-state index contributed by atoms with van der Waals surface area (Å²) in [5.74, 6) is 0.702. The van der Waals surface area contributed by atoms with Gasteiger partial charge in [0.1, 0.15) is 11.2 Å². The highest BCUT2D eigenvalue weighted by Crippen LogP contribution is 2.30. The molecule has 0 aliphatic carbocycles. The van der Waals surface area contributed by atoms with Gasteiger partial charge in [-0.2, -0.15) is 0 Å². The zero-order chi connectivity index (χ0) is 15.1. The molecule has 0 bridgehead atoms. The van der Waals surface area contributed by atoms with Gasteiger partial charge >= 0.3 is 0 Å². The summed E-state index contributed by atoms with van der Waals surface area (Å²) >= 11 is 0. The van der Waals surface area contributed by atoms with E-state index in [9.17, 15) is 4.79 Å². The highest BCUT2D eigenvalue weighted by Gasteiger charge is 2.15. The minimum Gasteiger partial charge on any atom is -0.456 e. The lowest BCUT2D eigenvalue weighted by Crippen LogP contribution is -2.06. The van der Waals surface area contributed by atoms with Crippen LogP contribution in [0.15, 0.2) is 45.6 Å². The van der Waals surface area contributed by atoms with E-state index in [0.29, 0.717) is 28.2 Å². The monoisotopic (exact) mass is 280 g/mol. The van der Waals surface area contributed by atoms with Crippen LogP contribution in [0.1, 0.15) is 50.7 Å². The molecule has 0 radical (unpaired) electrons. The van der Waals surface area contributed by atoms with Gasteiger partial charge in [0.25, 0.3) is 0 Å². The summed E-state index contributed by atoms with van der Waals surface area (Å²) in [4.78, 5) is 12.8. The van der Waals surface area contributed by atoms with E-state index in [1.165, 1.54) is 5.56 Å². The predicted molar refractivity (Wildman–Crippen MR) is 88.2 cm³/mol. The van der Waals surface area contributed by atoms with Gasteiger partial charge in [-0.3, -0.25) is 4.79 Å². The molecule has 0 saturated heterocycles. The zero-order valence-electron chi connectivity index (χ0n) is 12.9. The van der Waals surface area contributed by atoms with Crippen LogP contribution < -0.4 is 5.43 Å². The summed E-state index contributed by atoms with van der Waals surface area (Å²) in [6, 6.07) is 11.6. The molecule has 0 aliphatic rings. The molecule has 1 aromatic heterocycles. The molecule has 2 aromatic carbocycles. The standard InChI is InChI=1S/C19H20O2/c1-11(2)13-9-15(12(3)4)19-16(10-13)18(20)14-7-5-6-8-17(14)21-19/h5-12H,1-4H3. The van der Waals surface area contributed by atoms with E-state index in [4.69, 9.17) is 4.42 Å². The van der Waals surface area contributed by atoms with E-state index in [1.54, 1.807) is 0 Å². The van der Waals surface area contributed by atoms with Crippen molar-refractivity contribution in [3.8, 4) is 0 Å². The largest absolute Gasteiger partial charge is 0.456 e. The molecule has 2 nitrogen and oxygen atoms in total. The molecule has 108 valence electrons. The highest BCUT2D eigenvalue weighted by atomic mass is 16.3. The fraction of sp³-hybridized carbons (Fsp3) is 0.316. The third kappa shape index (κ3) is 2.25. The van der Waals surface area contributed by atoms with Gasteiger partial charge < -0.3 is 4.42 Å². The van der Waals surface area contributed by atoms with Crippen LogP contribution in [0.5, 0.6) is 0 Å². The quantitative estimate of drug-likeness (QED) is 0.604. The maximum absolute atomic E-state index is 12.8. The first-order chi connectivity index (χ1) is 9.99. The number of hydrogen-bond donors (Lipinski definition) is 0. The minimum atomic E-state index is 0.0660. The van der Waals surface area contributed by atoms with E-state index in [1.807, 2.05) is 30.3 Å². The molecule has 0 saturated carbocycles. The summed E-state index contributed by atoms with van der Waals surface area (Å²) in [7, 11) is 0. The Morgan fingerprint density at radius 3 is 2.29 bits per heavy atom. The molecule has 0 aliphatic heterocycles. The van der Waals surface area contributed by atoms with Gasteiger partial charge in [-0.05, 0) is 41.2 Å². The third-order valence-electron chi connectivity index (χ3n) is 4.02. The van der Waals surface area contributed by atoms with E-state index in [2.05, 4.69) is 33.8 Å². The molecule has 3 rings (SSSR count). The summed E-state index contributed by atoms with van der Waals surface area (Å²) in [6.45, 7) is 8.56. The molecular weight excluding hydrogens is 260 g/mol. The normalized spacial score (nSPS) is 11.9. The van der Waals surface area contributed by atoms with Crippen molar-refractivity contribution in [1.29, 1.82) is 0 Å². The molecule has 0 amide bonds. The second-order valence-electron chi connectivity index (χ2n) is 6.22. The Hall–Kier alpha value is -2.09. The number of rotatable bonds is 2. The Kier molecular flexibility index (Phi) is 3.32. The van der Waals surface area contributed by atoms with Crippen molar-refractivity contribution >= 4 is 21.9 Å². The van der Waals surface area contributed by atoms with Gasteiger partial charge in [-0.15, -0.1) is 0 Å². The Morgan fingerprint density at radius 1 is 0.905 bits per heavy atom. The smallest absolute Gasteiger partial charge is 0.200 e. The van der Waals surface area contributed by atoms with Gasteiger partial charge in [-0.1, -0.05) is 45.9 Å². The third-order valence-corrected chi connectivity index (χ3v) is 4.02. The lowest BCUT2D eigenvalue weighted by molar-refractivity contribution is 0.647. The molecule has 3 aromatic rings. The molecule has 2 heteroatoms. The van der Waals surface area contributed by atoms with Gasteiger partial charge in [-0.25, -0.2) is 0 Å². The SMILES string of the molecule is CC(C)c1cc(C(C)C)c2oc3ccccc3c(=O)c2c1. The predicted octanol–water partition coefficient (Wildman–Crippen LogP) is 5.19. The summed E-state index contributed by atoms with van der Waals surface area (Å²) in [5, 5.41) is 1.35. The van der Waals surface area contributed by atoms with Crippen LogP contribution in [0, 0.1) is 0 Å². The average molecular weight is 280 g/mol. The summed E-state index contributed by atoms with van der Waals surface area (Å²) in [5.41, 5.74) is 3.76. The van der Waals surface area contributed by atoms with Crippen LogP contribution in [0.4, 0.5) is 0 Å². The van der Waals surface area contributed by atoms with Gasteiger partial charge in [0.2, 0.25) is 5.43 Å². The Morgan fingerprint density at radius 2 is 1.62 bits per heavy atom. The Labute approximate surface area is 124 Å².